The van der Waals surface area contributed by atoms with E-state index >= 15 is 0 Å². The van der Waals surface area contributed by atoms with Gasteiger partial charge in [0.15, 0.2) is 0 Å². The smallest absolute Gasteiger partial charge is 0.263 e. The minimum absolute atomic E-state index is 0.203. The first-order chi connectivity index (χ1) is 8.09. The summed E-state index contributed by atoms with van der Waals surface area (Å²) in [6, 6.07) is 0. The van der Waals surface area contributed by atoms with Crippen molar-refractivity contribution < 1.29 is 4.79 Å². The second-order valence-electron chi connectivity index (χ2n) is 3.25. The van der Waals surface area contributed by atoms with Crippen LogP contribution >= 0.6 is 22.9 Å². The van der Waals surface area contributed by atoms with E-state index in [0.717, 1.165) is 0 Å². The number of hydrogen-bond donors (Lipinski definition) is 2. The van der Waals surface area contributed by atoms with Crippen molar-refractivity contribution in [3.8, 4) is 0 Å². The first-order valence-electron chi connectivity index (χ1n) is 4.70. The number of carbonyl (C=O) groups is 1. The Morgan fingerprint density at radius 3 is 2.88 bits per heavy atom. The summed E-state index contributed by atoms with van der Waals surface area (Å²) in [6.45, 7) is 3.69. The van der Waals surface area contributed by atoms with E-state index in [-0.39, 0.29) is 12.5 Å². The van der Waals surface area contributed by atoms with Gasteiger partial charge in [-0.3, -0.25) is 4.79 Å². The molecule has 0 saturated carbocycles. The van der Waals surface area contributed by atoms with Gasteiger partial charge in [-0.25, -0.2) is 9.97 Å². The van der Waals surface area contributed by atoms with E-state index in [4.69, 9.17) is 17.3 Å². The van der Waals surface area contributed by atoms with E-state index in [0.29, 0.717) is 25.9 Å². The molecule has 0 saturated heterocycles. The normalized spacial score (nSPS) is 10.4. The molecule has 0 unspecified atom stereocenters. The van der Waals surface area contributed by atoms with E-state index in [1.165, 1.54) is 17.5 Å². The molecule has 17 heavy (non-hydrogen) atoms. The predicted octanol–water partition coefficient (Wildman–Crippen LogP) is 1.76. The van der Waals surface area contributed by atoms with Crippen molar-refractivity contribution in [2.45, 2.75) is 0 Å². The highest BCUT2D eigenvalue weighted by Crippen LogP contribution is 2.30. The van der Waals surface area contributed by atoms with Gasteiger partial charge in [0.1, 0.15) is 15.2 Å². The standard InChI is InChI=1S/C10H9ClN4OS/c1-5(11)4-15-9(16)8-6(12)7-10(17-8)14-3-2-13-7/h2-3H,1,4,12H2,(H,15,16). The molecule has 0 aromatic carbocycles. The molecular weight excluding hydrogens is 260 g/mol. The maximum absolute atomic E-state index is 11.8. The molecule has 7 heteroatoms. The summed E-state index contributed by atoms with van der Waals surface area (Å²) in [7, 11) is 0. The molecule has 2 heterocycles. The van der Waals surface area contributed by atoms with Gasteiger partial charge >= 0.3 is 0 Å². The lowest BCUT2D eigenvalue weighted by atomic mass is 10.3. The van der Waals surface area contributed by atoms with Gasteiger partial charge in [-0.05, 0) is 0 Å². The average Bonchev–Trinajstić information content (AvgIpc) is 2.64. The lowest BCUT2D eigenvalue weighted by Gasteiger charge is -2.01. The van der Waals surface area contributed by atoms with Crippen LogP contribution in [0.1, 0.15) is 9.67 Å². The molecule has 2 rings (SSSR count). The van der Waals surface area contributed by atoms with Crippen molar-refractivity contribution in [1.82, 2.24) is 15.3 Å². The second-order valence-corrected chi connectivity index (χ2v) is 4.79. The van der Waals surface area contributed by atoms with Crippen LogP contribution in [0.2, 0.25) is 0 Å². The number of carbonyl (C=O) groups excluding carboxylic acids is 1. The molecular formula is C10H9ClN4OS. The number of halogens is 1. The van der Waals surface area contributed by atoms with Crippen LogP contribution < -0.4 is 11.1 Å². The summed E-state index contributed by atoms with van der Waals surface area (Å²) in [5.41, 5.74) is 6.73. The Morgan fingerprint density at radius 1 is 1.53 bits per heavy atom. The van der Waals surface area contributed by atoms with E-state index in [9.17, 15) is 4.79 Å². The van der Waals surface area contributed by atoms with Gasteiger partial charge in [0.25, 0.3) is 5.91 Å². The summed E-state index contributed by atoms with van der Waals surface area (Å²) in [5, 5.41) is 2.96. The first kappa shape index (κ1) is 11.8. The highest BCUT2D eigenvalue weighted by Gasteiger charge is 2.17. The summed E-state index contributed by atoms with van der Waals surface area (Å²) < 4.78 is 0. The summed E-state index contributed by atoms with van der Waals surface area (Å²) in [6.07, 6.45) is 3.09. The number of rotatable bonds is 3. The fraction of sp³-hybridized carbons (Fsp3) is 0.100. The summed E-state index contributed by atoms with van der Waals surface area (Å²) >= 11 is 6.77. The van der Waals surface area contributed by atoms with Gasteiger partial charge in [0.2, 0.25) is 0 Å². The molecule has 0 radical (unpaired) electrons. The topological polar surface area (TPSA) is 80.9 Å². The zero-order valence-electron chi connectivity index (χ0n) is 8.74. The van der Waals surface area contributed by atoms with Crippen LogP contribution in [-0.2, 0) is 0 Å². The minimum Gasteiger partial charge on any atom is -0.396 e. The number of nitrogens with one attached hydrogen (secondary N) is 1. The van der Waals surface area contributed by atoms with Crippen molar-refractivity contribution in [2.75, 3.05) is 12.3 Å². The van der Waals surface area contributed by atoms with Crippen LogP contribution in [0.5, 0.6) is 0 Å². The number of nitrogen functional groups attached to an aromatic ring is 1. The number of anilines is 1. The largest absolute Gasteiger partial charge is 0.396 e. The summed E-state index contributed by atoms with van der Waals surface area (Å²) in [4.78, 5) is 21.0. The van der Waals surface area contributed by atoms with Gasteiger partial charge in [0, 0.05) is 17.4 Å². The highest BCUT2D eigenvalue weighted by atomic mass is 35.5. The Kier molecular flexibility index (Phi) is 3.26. The molecule has 0 aliphatic rings. The molecule has 0 fully saturated rings. The summed E-state index contributed by atoms with van der Waals surface area (Å²) in [5.74, 6) is -0.297. The van der Waals surface area contributed by atoms with Gasteiger partial charge in [-0.15, -0.1) is 11.3 Å². The quantitative estimate of drug-likeness (QED) is 0.889. The number of amides is 1. The van der Waals surface area contributed by atoms with Crippen LogP contribution in [-0.4, -0.2) is 22.4 Å². The highest BCUT2D eigenvalue weighted by molar-refractivity contribution is 7.21. The van der Waals surface area contributed by atoms with Gasteiger partial charge in [-0.1, -0.05) is 18.2 Å². The van der Waals surface area contributed by atoms with E-state index in [1.54, 1.807) is 6.20 Å². The van der Waals surface area contributed by atoms with E-state index < -0.39 is 0 Å². The maximum atomic E-state index is 11.8. The van der Waals surface area contributed by atoms with Crippen molar-refractivity contribution in [2.24, 2.45) is 0 Å². The van der Waals surface area contributed by atoms with Crippen LogP contribution in [0, 0.1) is 0 Å². The Bertz CT molecular complexity index is 595. The fourth-order valence-electron chi connectivity index (χ4n) is 1.27. The zero-order chi connectivity index (χ0) is 12.4. The Hall–Kier alpha value is -1.66. The molecule has 0 bridgehead atoms. The molecule has 88 valence electrons. The van der Waals surface area contributed by atoms with Crippen LogP contribution in [0.15, 0.2) is 24.0 Å². The Balaban J connectivity index is 2.32. The fourth-order valence-corrected chi connectivity index (χ4v) is 2.27. The number of hydrogen-bond acceptors (Lipinski definition) is 5. The monoisotopic (exact) mass is 268 g/mol. The third-order valence-electron chi connectivity index (χ3n) is 2.01. The van der Waals surface area contributed by atoms with Crippen molar-refractivity contribution >= 4 is 44.9 Å². The molecule has 5 nitrogen and oxygen atoms in total. The lowest BCUT2D eigenvalue weighted by molar-refractivity contribution is 0.0962. The third-order valence-corrected chi connectivity index (χ3v) is 3.25. The number of thiophene rings is 1. The number of fused-ring (bicyclic) bond motifs is 1. The molecule has 0 atom stereocenters. The average molecular weight is 269 g/mol. The molecule has 1 amide bonds. The van der Waals surface area contributed by atoms with Gasteiger partial charge in [0.05, 0.1) is 12.2 Å². The van der Waals surface area contributed by atoms with Crippen LogP contribution in [0.3, 0.4) is 0 Å². The second kappa shape index (κ2) is 4.68. The molecule has 2 aromatic rings. The van der Waals surface area contributed by atoms with Gasteiger partial charge < -0.3 is 11.1 Å². The molecule has 0 aliphatic heterocycles. The van der Waals surface area contributed by atoms with Gasteiger partial charge in [-0.2, -0.15) is 0 Å². The molecule has 2 aromatic heterocycles. The molecule has 3 N–H and O–H groups in total. The van der Waals surface area contributed by atoms with Crippen molar-refractivity contribution in [1.29, 1.82) is 0 Å². The minimum atomic E-state index is -0.297. The van der Waals surface area contributed by atoms with Crippen molar-refractivity contribution in [3.63, 3.8) is 0 Å². The van der Waals surface area contributed by atoms with Crippen molar-refractivity contribution in [3.05, 3.63) is 28.9 Å². The number of aromatic nitrogens is 2. The van der Waals surface area contributed by atoms with E-state index in [1.807, 2.05) is 0 Å². The predicted molar refractivity (Wildman–Crippen MR) is 69.2 cm³/mol. The Labute approximate surface area is 106 Å². The number of nitrogens with two attached hydrogens (primary N) is 1. The number of nitrogens with zero attached hydrogens (tertiary/aromatic N) is 2. The Morgan fingerprint density at radius 2 is 2.24 bits per heavy atom. The SMILES string of the molecule is C=C(Cl)CNC(=O)c1sc2nccnc2c1N. The zero-order valence-corrected chi connectivity index (χ0v) is 10.3. The van der Waals surface area contributed by atoms with Crippen LogP contribution in [0.25, 0.3) is 10.3 Å². The maximum Gasteiger partial charge on any atom is 0.263 e. The third kappa shape index (κ3) is 2.37. The van der Waals surface area contributed by atoms with E-state index in [2.05, 4.69) is 21.9 Å². The lowest BCUT2D eigenvalue weighted by Crippen LogP contribution is -2.24. The molecule has 0 spiro atoms. The molecule has 0 aliphatic carbocycles. The van der Waals surface area contributed by atoms with Crippen LogP contribution in [0.4, 0.5) is 5.69 Å². The first-order valence-corrected chi connectivity index (χ1v) is 5.89.